The first-order valence-electron chi connectivity index (χ1n) is 7.89. The van der Waals surface area contributed by atoms with Gasteiger partial charge in [0.2, 0.25) is 0 Å². The lowest BCUT2D eigenvalue weighted by Gasteiger charge is -2.27. The van der Waals surface area contributed by atoms with Crippen LogP contribution >= 0.6 is 0 Å². The zero-order valence-electron chi connectivity index (χ0n) is 13.3. The summed E-state index contributed by atoms with van der Waals surface area (Å²) in [4.78, 5) is 18.8. The van der Waals surface area contributed by atoms with E-state index >= 15 is 0 Å². The molecular formula is C18H18F2N2O2. The van der Waals surface area contributed by atoms with E-state index in [1.54, 1.807) is 18.0 Å². The maximum atomic E-state index is 13.3. The Labute approximate surface area is 139 Å². The van der Waals surface area contributed by atoms with Gasteiger partial charge in [-0.2, -0.15) is 0 Å². The van der Waals surface area contributed by atoms with E-state index < -0.39 is 17.7 Å². The molecule has 0 bridgehead atoms. The molecule has 2 heterocycles. The maximum Gasteiger partial charge on any atom is 0.263 e. The number of likely N-dealkylation sites (tertiary alicyclic amines) is 1. The van der Waals surface area contributed by atoms with Crippen LogP contribution in [-0.4, -0.2) is 28.4 Å². The number of halogens is 2. The van der Waals surface area contributed by atoms with Gasteiger partial charge in [-0.3, -0.25) is 9.78 Å². The van der Waals surface area contributed by atoms with Crippen LogP contribution in [0, 0.1) is 11.6 Å². The fraction of sp³-hybridized carbons (Fsp3) is 0.333. The Morgan fingerprint density at radius 2 is 2.12 bits per heavy atom. The standard InChI is InChI=1S/C18H18F2N2O2/c1-12(24-13-7-8-14(19)15(20)11-13)18(23)22-10-4-6-17(22)16-5-2-3-9-21-16/h2-3,5,7-9,11-12,17H,4,6,10H2,1H3/t12-,17-/m1/s1. The van der Waals surface area contributed by atoms with Crippen molar-refractivity contribution in [3.8, 4) is 5.75 Å². The Kier molecular flexibility index (Phi) is 4.74. The molecule has 1 aromatic heterocycles. The molecule has 2 atom stereocenters. The molecule has 4 nitrogen and oxygen atoms in total. The van der Waals surface area contributed by atoms with Crippen molar-refractivity contribution in [2.75, 3.05) is 6.54 Å². The summed E-state index contributed by atoms with van der Waals surface area (Å²) in [7, 11) is 0. The number of amides is 1. The van der Waals surface area contributed by atoms with Crippen molar-refractivity contribution in [2.45, 2.75) is 31.9 Å². The maximum absolute atomic E-state index is 13.3. The number of ether oxygens (including phenoxy) is 1. The van der Waals surface area contributed by atoms with E-state index in [4.69, 9.17) is 4.74 Å². The Hall–Kier alpha value is -2.50. The third kappa shape index (κ3) is 3.37. The van der Waals surface area contributed by atoms with Gasteiger partial charge >= 0.3 is 0 Å². The van der Waals surface area contributed by atoms with Crippen LogP contribution in [0.2, 0.25) is 0 Å². The highest BCUT2D eigenvalue weighted by molar-refractivity contribution is 5.81. The van der Waals surface area contributed by atoms with Gasteiger partial charge in [0.1, 0.15) is 5.75 Å². The number of nitrogens with zero attached hydrogens (tertiary/aromatic N) is 2. The lowest BCUT2D eigenvalue weighted by molar-refractivity contribution is -0.139. The van der Waals surface area contributed by atoms with Crippen molar-refractivity contribution in [1.29, 1.82) is 0 Å². The first kappa shape index (κ1) is 16.4. The van der Waals surface area contributed by atoms with Gasteiger partial charge in [0, 0.05) is 18.8 Å². The third-order valence-corrected chi connectivity index (χ3v) is 4.12. The van der Waals surface area contributed by atoms with Crippen molar-refractivity contribution in [3.05, 3.63) is 59.9 Å². The zero-order chi connectivity index (χ0) is 17.1. The van der Waals surface area contributed by atoms with Crippen LogP contribution in [-0.2, 0) is 4.79 Å². The van der Waals surface area contributed by atoms with Crippen molar-refractivity contribution < 1.29 is 18.3 Å². The molecule has 0 aliphatic carbocycles. The number of pyridine rings is 1. The van der Waals surface area contributed by atoms with Crippen molar-refractivity contribution in [1.82, 2.24) is 9.88 Å². The average molecular weight is 332 g/mol. The molecule has 1 aromatic carbocycles. The SMILES string of the molecule is C[C@@H](Oc1ccc(F)c(F)c1)C(=O)N1CCC[C@@H]1c1ccccn1. The first-order valence-corrected chi connectivity index (χ1v) is 7.89. The molecule has 0 N–H and O–H groups in total. The van der Waals surface area contributed by atoms with Crippen LogP contribution in [0.3, 0.4) is 0 Å². The van der Waals surface area contributed by atoms with Gasteiger partial charge in [0.05, 0.1) is 11.7 Å². The van der Waals surface area contributed by atoms with Gasteiger partial charge in [-0.1, -0.05) is 6.07 Å². The summed E-state index contributed by atoms with van der Waals surface area (Å²) < 4.78 is 31.7. The number of benzene rings is 1. The predicted molar refractivity (Wildman–Crippen MR) is 84.4 cm³/mol. The summed E-state index contributed by atoms with van der Waals surface area (Å²) in [5, 5.41) is 0. The smallest absolute Gasteiger partial charge is 0.263 e. The minimum Gasteiger partial charge on any atom is -0.481 e. The molecule has 0 radical (unpaired) electrons. The summed E-state index contributed by atoms with van der Waals surface area (Å²) in [6, 6.07) is 8.78. The van der Waals surface area contributed by atoms with E-state index in [1.807, 2.05) is 18.2 Å². The quantitative estimate of drug-likeness (QED) is 0.861. The molecule has 0 unspecified atom stereocenters. The van der Waals surface area contributed by atoms with Crippen LogP contribution in [0.15, 0.2) is 42.6 Å². The van der Waals surface area contributed by atoms with Crippen LogP contribution in [0.1, 0.15) is 31.5 Å². The highest BCUT2D eigenvalue weighted by Gasteiger charge is 2.33. The van der Waals surface area contributed by atoms with Gasteiger partial charge in [0.25, 0.3) is 5.91 Å². The predicted octanol–water partition coefficient (Wildman–Crippen LogP) is 3.49. The Morgan fingerprint density at radius 1 is 1.29 bits per heavy atom. The highest BCUT2D eigenvalue weighted by Crippen LogP contribution is 2.31. The van der Waals surface area contributed by atoms with E-state index in [1.165, 1.54) is 6.07 Å². The summed E-state index contributed by atoms with van der Waals surface area (Å²) in [6.07, 6.45) is 2.66. The van der Waals surface area contributed by atoms with Gasteiger partial charge < -0.3 is 9.64 Å². The molecule has 6 heteroatoms. The number of carbonyl (C=O) groups excluding carboxylic acids is 1. The van der Waals surface area contributed by atoms with E-state index in [0.717, 1.165) is 30.7 Å². The molecule has 1 saturated heterocycles. The van der Waals surface area contributed by atoms with Crippen LogP contribution in [0.4, 0.5) is 8.78 Å². The third-order valence-electron chi connectivity index (χ3n) is 4.12. The second-order valence-corrected chi connectivity index (χ2v) is 5.78. The molecule has 1 amide bonds. The fourth-order valence-corrected chi connectivity index (χ4v) is 2.95. The molecular weight excluding hydrogens is 314 g/mol. The van der Waals surface area contributed by atoms with E-state index in [0.29, 0.717) is 6.54 Å². The van der Waals surface area contributed by atoms with Gasteiger partial charge in [-0.15, -0.1) is 0 Å². The van der Waals surface area contributed by atoms with Crippen LogP contribution < -0.4 is 4.74 Å². The summed E-state index contributed by atoms with van der Waals surface area (Å²) >= 11 is 0. The Bertz CT molecular complexity index is 724. The molecule has 126 valence electrons. The van der Waals surface area contributed by atoms with Crippen molar-refractivity contribution in [3.63, 3.8) is 0 Å². The number of hydrogen-bond acceptors (Lipinski definition) is 3. The number of aromatic nitrogens is 1. The largest absolute Gasteiger partial charge is 0.481 e. The Morgan fingerprint density at radius 3 is 2.83 bits per heavy atom. The number of carbonyl (C=O) groups is 1. The average Bonchev–Trinajstić information content (AvgIpc) is 3.08. The molecule has 1 fully saturated rings. The van der Waals surface area contributed by atoms with Crippen molar-refractivity contribution in [2.24, 2.45) is 0 Å². The number of rotatable bonds is 4. The minimum absolute atomic E-state index is 0.0743. The summed E-state index contributed by atoms with van der Waals surface area (Å²) in [5.41, 5.74) is 0.850. The monoisotopic (exact) mass is 332 g/mol. The molecule has 3 rings (SSSR count). The van der Waals surface area contributed by atoms with Crippen LogP contribution in [0.25, 0.3) is 0 Å². The molecule has 2 aromatic rings. The first-order chi connectivity index (χ1) is 11.6. The van der Waals surface area contributed by atoms with Crippen molar-refractivity contribution >= 4 is 5.91 Å². The second kappa shape index (κ2) is 6.95. The summed E-state index contributed by atoms with van der Waals surface area (Å²) in [6.45, 7) is 2.24. The number of hydrogen-bond donors (Lipinski definition) is 0. The molecule has 1 aliphatic rings. The highest BCUT2D eigenvalue weighted by atomic mass is 19.2. The van der Waals surface area contributed by atoms with E-state index in [9.17, 15) is 13.6 Å². The fourth-order valence-electron chi connectivity index (χ4n) is 2.95. The van der Waals surface area contributed by atoms with E-state index in [2.05, 4.69) is 4.98 Å². The lowest BCUT2D eigenvalue weighted by Crippen LogP contribution is -2.40. The molecule has 0 saturated carbocycles. The topological polar surface area (TPSA) is 42.4 Å². The molecule has 24 heavy (non-hydrogen) atoms. The lowest BCUT2D eigenvalue weighted by atomic mass is 10.1. The second-order valence-electron chi connectivity index (χ2n) is 5.78. The molecule has 0 spiro atoms. The van der Waals surface area contributed by atoms with Crippen LogP contribution in [0.5, 0.6) is 5.75 Å². The zero-order valence-corrected chi connectivity index (χ0v) is 13.3. The Balaban J connectivity index is 1.71. The van der Waals surface area contributed by atoms with E-state index in [-0.39, 0.29) is 17.7 Å². The minimum atomic E-state index is -1.00. The summed E-state index contributed by atoms with van der Waals surface area (Å²) in [5.74, 6) is -2.01. The normalized spacial score (nSPS) is 18.5. The van der Waals surface area contributed by atoms with Gasteiger partial charge in [-0.05, 0) is 44.0 Å². The van der Waals surface area contributed by atoms with Gasteiger partial charge in [0.15, 0.2) is 17.7 Å². The molecule has 1 aliphatic heterocycles. The van der Waals surface area contributed by atoms with Gasteiger partial charge in [-0.25, -0.2) is 8.78 Å².